The van der Waals surface area contributed by atoms with Crippen LogP contribution in [0.1, 0.15) is 10.4 Å². The summed E-state index contributed by atoms with van der Waals surface area (Å²) in [5, 5.41) is 1.39. The van der Waals surface area contributed by atoms with E-state index in [1.165, 1.54) is 11.3 Å². The molecule has 1 aliphatic rings. The molecule has 0 unspecified atom stereocenters. The van der Waals surface area contributed by atoms with Gasteiger partial charge in [-0.25, -0.2) is 4.98 Å². The number of anilines is 1. The first-order chi connectivity index (χ1) is 13.4. The third kappa shape index (κ3) is 4.54. The highest BCUT2D eigenvalue weighted by Crippen LogP contribution is 2.40. The van der Waals surface area contributed by atoms with Crippen LogP contribution in [0.2, 0.25) is 10.0 Å². The third-order valence-corrected chi connectivity index (χ3v) is 5.88. The summed E-state index contributed by atoms with van der Waals surface area (Å²) in [6, 6.07) is 8.58. The van der Waals surface area contributed by atoms with Gasteiger partial charge in [0.25, 0.3) is 5.91 Å². The van der Waals surface area contributed by atoms with Gasteiger partial charge in [0.15, 0.2) is 16.6 Å². The monoisotopic (exact) mass is 473 g/mol. The summed E-state index contributed by atoms with van der Waals surface area (Å²) < 4.78 is 11.8. The normalized spacial score (nSPS) is 12.3. The Bertz CT molecular complexity index is 1020. The van der Waals surface area contributed by atoms with Crippen LogP contribution in [0.15, 0.2) is 30.3 Å². The van der Waals surface area contributed by atoms with E-state index in [1.54, 1.807) is 23.1 Å². The van der Waals surface area contributed by atoms with Crippen LogP contribution < -0.4 is 14.4 Å². The number of hydrogen-bond acceptors (Lipinski definition) is 6. The highest BCUT2D eigenvalue weighted by Gasteiger charge is 2.25. The quantitative estimate of drug-likeness (QED) is 0.523. The van der Waals surface area contributed by atoms with E-state index >= 15 is 0 Å². The molecule has 0 radical (unpaired) electrons. The first-order valence-corrected chi connectivity index (χ1v) is 10.1. The maximum Gasteiger partial charge on any atom is 0.261 e. The lowest BCUT2D eigenvalue weighted by Gasteiger charge is -2.22. The van der Waals surface area contributed by atoms with Crippen molar-refractivity contribution in [2.24, 2.45) is 0 Å². The number of carbonyl (C=O) groups is 1. The molecule has 29 heavy (non-hydrogen) atoms. The van der Waals surface area contributed by atoms with Crippen LogP contribution in [0.5, 0.6) is 11.5 Å². The molecular formula is C19H18Cl3N3O3S. The fraction of sp³-hybridized carbons (Fsp3) is 0.263. The van der Waals surface area contributed by atoms with Crippen LogP contribution in [0.4, 0.5) is 5.13 Å². The zero-order valence-corrected chi connectivity index (χ0v) is 18.8. The van der Waals surface area contributed by atoms with Gasteiger partial charge in [-0.1, -0.05) is 34.5 Å². The van der Waals surface area contributed by atoms with Crippen molar-refractivity contribution in [3.8, 4) is 11.5 Å². The Labute approximate surface area is 188 Å². The largest absolute Gasteiger partial charge is 0.454 e. The Morgan fingerprint density at radius 1 is 1.14 bits per heavy atom. The van der Waals surface area contributed by atoms with E-state index in [0.29, 0.717) is 45.3 Å². The van der Waals surface area contributed by atoms with Gasteiger partial charge in [-0.05, 0) is 32.3 Å². The van der Waals surface area contributed by atoms with Crippen LogP contribution in [0, 0.1) is 0 Å². The fourth-order valence-electron chi connectivity index (χ4n) is 2.81. The van der Waals surface area contributed by atoms with Gasteiger partial charge in [0, 0.05) is 30.2 Å². The molecule has 0 atom stereocenters. The molecule has 0 aliphatic carbocycles. The summed E-state index contributed by atoms with van der Waals surface area (Å²) in [6.45, 7) is 1.34. The standard InChI is InChI=1S/C19H17Cl2N3O3S.ClH/c1-23(2)5-6-24(18(25)12-7-11(20)3-4-13(12)21)19-22-14-8-15-16(27-10-26-15)9-17(14)28-19;/h3-4,7-9H,5-6,10H2,1-2H3;1H. The molecule has 3 aromatic rings. The summed E-state index contributed by atoms with van der Waals surface area (Å²) in [7, 11) is 3.90. The van der Waals surface area contributed by atoms with Gasteiger partial charge < -0.3 is 14.4 Å². The minimum absolute atomic E-state index is 0. The van der Waals surface area contributed by atoms with Gasteiger partial charge in [0.2, 0.25) is 6.79 Å². The number of hydrogen-bond donors (Lipinski definition) is 0. The molecular weight excluding hydrogens is 457 g/mol. The molecule has 1 aliphatic heterocycles. The number of likely N-dealkylation sites (N-methyl/N-ethyl adjacent to an activating group) is 1. The predicted molar refractivity (Wildman–Crippen MR) is 120 cm³/mol. The molecule has 0 saturated carbocycles. The van der Waals surface area contributed by atoms with E-state index in [9.17, 15) is 4.79 Å². The number of rotatable bonds is 5. The Morgan fingerprint density at radius 3 is 2.59 bits per heavy atom. The Morgan fingerprint density at radius 2 is 1.86 bits per heavy atom. The number of ether oxygens (including phenoxy) is 2. The molecule has 2 heterocycles. The first kappa shape index (κ1) is 21.9. The lowest BCUT2D eigenvalue weighted by molar-refractivity contribution is 0.0985. The number of nitrogens with zero attached hydrogens (tertiary/aromatic N) is 3. The first-order valence-electron chi connectivity index (χ1n) is 8.54. The summed E-state index contributed by atoms with van der Waals surface area (Å²) in [5.74, 6) is 1.11. The lowest BCUT2D eigenvalue weighted by Crippen LogP contribution is -2.36. The summed E-state index contributed by atoms with van der Waals surface area (Å²) >= 11 is 13.8. The number of thiazole rings is 1. The van der Waals surface area contributed by atoms with Crippen molar-refractivity contribution >= 4 is 68.2 Å². The van der Waals surface area contributed by atoms with E-state index in [1.807, 2.05) is 31.1 Å². The van der Waals surface area contributed by atoms with Gasteiger partial charge in [-0.3, -0.25) is 9.69 Å². The average Bonchev–Trinajstić information content (AvgIpc) is 3.27. The van der Waals surface area contributed by atoms with E-state index < -0.39 is 0 Å². The van der Waals surface area contributed by atoms with Crippen LogP contribution in [0.3, 0.4) is 0 Å². The minimum atomic E-state index is -0.242. The lowest BCUT2D eigenvalue weighted by atomic mass is 10.2. The van der Waals surface area contributed by atoms with Crippen LogP contribution in [0.25, 0.3) is 10.2 Å². The molecule has 10 heteroatoms. The van der Waals surface area contributed by atoms with E-state index in [0.717, 1.165) is 10.2 Å². The molecule has 4 rings (SSSR count). The fourth-order valence-corrected chi connectivity index (χ4v) is 4.18. The molecule has 0 fully saturated rings. The Kier molecular flexibility index (Phi) is 6.76. The van der Waals surface area contributed by atoms with Crippen LogP contribution in [-0.2, 0) is 0 Å². The molecule has 2 aromatic carbocycles. The maximum atomic E-state index is 13.3. The van der Waals surface area contributed by atoms with Crippen LogP contribution in [-0.4, -0.2) is 49.8 Å². The number of benzene rings is 2. The van der Waals surface area contributed by atoms with Gasteiger partial charge in [0.05, 0.1) is 20.8 Å². The average molecular weight is 475 g/mol. The number of halogens is 3. The van der Waals surface area contributed by atoms with Crippen molar-refractivity contribution in [1.29, 1.82) is 0 Å². The second kappa shape index (κ2) is 8.93. The second-order valence-electron chi connectivity index (χ2n) is 6.55. The minimum Gasteiger partial charge on any atom is -0.454 e. The molecule has 1 aromatic heterocycles. The summed E-state index contributed by atoms with van der Waals surface area (Å²) in [4.78, 5) is 21.6. The van der Waals surface area contributed by atoms with Crippen molar-refractivity contribution in [1.82, 2.24) is 9.88 Å². The molecule has 0 saturated heterocycles. The van der Waals surface area contributed by atoms with Crippen molar-refractivity contribution in [2.75, 3.05) is 38.9 Å². The second-order valence-corrected chi connectivity index (χ2v) is 8.41. The molecule has 0 N–H and O–H groups in total. The summed E-state index contributed by atoms with van der Waals surface area (Å²) in [6.07, 6.45) is 0. The molecule has 0 spiro atoms. The molecule has 154 valence electrons. The highest BCUT2D eigenvalue weighted by atomic mass is 35.5. The van der Waals surface area contributed by atoms with Gasteiger partial charge in [-0.2, -0.15) is 0 Å². The van der Waals surface area contributed by atoms with Crippen molar-refractivity contribution < 1.29 is 14.3 Å². The summed E-state index contributed by atoms with van der Waals surface area (Å²) in [5.41, 5.74) is 1.10. The third-order valence-electron chi connectivity index (χ3n) is 4.28. The number of carbonyl (C=O) groups excluding carboxylic acids is 1. The molecule has 6 nitrogen and oxygen atoms in total. The Balaban J connectivity index is 0.00000240. The van der Waals surface area contributed by atoms with Gasteiger partial charge in [0.1, 0.15) is 0 Å². The van der Waals surface area contributed by atoms with Gasteiger partial charge in [-0.15, -0.1) is 12.4 Å². The predicted octanol–water partition coefficient (Wildman–Crippen LogP) is 4.96. The smallest absolute Gasteiger partial charge is 0.261 e. The topological polar surface area (TPSA) is 54.9 Å². The van der Waals surface area contributed by atoms with E-state index in [2.05, 4.69) is 4.98 Å². The highest BCUT2D eigenvalue weighted by molar-refractivity contribution is 7.22. The van der Waals surface area contributed by atoms with Gasteiger partial charge >= 0.3 is 0 Å². The van der Waals surface area contributed by atoms with E-state index in [-0.39, 0.29) is 25.1 Å². The maximum absolute atomic E-state index is 13.3. The number of amides is 1. The van der Waals surface area contributed by atoms with Crippen molar-refractivity contribution in [2.45, 2.75) is 0 Å². The van der Waals surface area contributed by atoms with Crippen molar-refractivity contribution in [3.63, 3.8) is 0 Å². The zero-order valence-electron chi connectivity index (χ0n) is 15.6. The number of aromatic nitrogens is 1. The van der Waals surface area contributed by atoms with Crippen molar-refractivity contribution in [3.05, 3.63) is 45.9 Å². The number of fused-ring (bicyclic) bond motifs is 2. The SMILES string of the molecule is CN(C)CCN(C(=O)c1cc(Cl)ccc1Cl)c1nc2cc3c(cc2s1)OCO3.Cl. The molecule has 0 bridgehead atoms. The van der Waals surface area contributed by atoms with E-state index in [4.69, 9.17) is 32.7 Å². The zero-order chi connectivity index (χ0) is 19.8. The van der Waals surface area contributed by atoms with Crippen LogP contribution >= 0.6 is 46.9 Å². The molecule has 1 amide bonds. The Hall–Kier alpha value is -1.77.